The van der Waals surface area contributed by atoms with Crippen LogP contribution in [0.2, 0.25) is 0 Å². The summed E-state index contributed by atoms with van der Waals surface area (Å²) in [5, 5.41) is 0. The highest BCUT2D eigenvalue weighted by Gasteiger charge is 2.15. The van der Waals surface area contributed by atoms with E-state index in [-0.39, 0.29) is 0 Å². The summed E-state index contributed by atoms with van der Waals surface area (Å²) < 4.78 is 16.9. The van der Waals surface area contributed by atoms with Crippen LogP contribution in [0.25, 0.3) is 0 Å². The van der Waals surface area contributed by atoms with Crippen LogP contribution < -0.4 is 14.2 Å². The lowest BCUT2D eigenvalue weighted by atomic mass is 10.2. The van der Waals surface area contributed by atoms with Gasteiger partial charge in [-0.15, -0.1) is 0 Å². The van der Waals surface area contributed by atoms with E-state index >= 15 is 0 Å². The summed E-state index contributed by atoms with van der Waals surface area (Å²) in [4.78, 5) is 11.1. The Bertz CT molecular complexity index is 632. The normalized spacial score (nSPS) is 10.1. The third-order valence-corrected chi connectivity index (χ3v) is 3.10. The third kappa shape index (κ3) is 3.79. The summed E-state index contributed by atoms with van der Waals surface area (Å²) in [5.74, 6) is 2.14. The molecule has 116 valence electrons. The third-order valence-electron chi connectivity index (χ3n) is 3.10. The summed E-state index contributed by atoms with van der Waals surface area (Å²) in [6, 6.07) is 11.0. The van der Waals surface area contributed by atoms with Crippen LogP contribution in [0, 0.1) is 6.92 Å². The fourth-order valence-corrected chi connectivity index (χ4v) is 1.97. The van der Waals surface area contributed by atoms with Crippen molar-refractivity contribution in [2.75, 3.05) is 13.7 Å². The molecule has 0 bridgehead atoms. The van der Waals surface area contributed by atoms with E-state index in [1.165, 1.54) is 0 Å². The summed E-state index contributed by atoms with van der Waals surface area (Å²) in [5.41, 5.74) is 1.62. The second kappa shape index (κ2) is 7.50. The molecule has 0 unspecified atom stereocenters. The van der Waals surface area contributed by atoms with Crippen LogP contribution in [0.3, 0.4) is 0 Å². The Labute approximate surface area is 130 Å². The highest BCUT2D eigenvalue weighted by molar-refractivity contribution is 5.78. The lowest BCUT2D eigenvalue weighted by molar-refractivity contribution is 0.112. The van der Waals surface area contributed by atoms with Crippen molar-refractivity contribution >= 4 is 6.29 Å². The molecular weight excluding hydrogens is 280 g/mol. The number of carbonyl (C=O) groups excluding carboxylic acids is 1. The summed E-state index contributed by atoms with van der Waals surface area (Å²) >= 11 is 0. The Morgan fingerprint density at radius 3 is 2.36 bits per heavy atom. The predicted molar refractivity (Wildman–Crippen MR) is 85.4 cm³/mol. The minimum atomic E-state index is 0.471. The number of methoxy groups -OCH3 is 1. The first-order chi connectivity index (χ1) is 10.7. The van der Waals surface area contributed by atoms with Gasteiger partial charge < -0.3 is 14.2 Å². The van der Waals surface area contributed by atoms with Crippen molar-refractivity contribution in [3.8, 4) is 23.0 Å². The zero-order valence-corrected chi connectivity index (χ0v) is 13.1. The summed E-state index contributed by atoms with van der Waals surface area (Å²) in [7, 11) is 1.54. The van der Waals surface area contributed by atoms with Gasteiger partial charge in [-0.3, -0.25) is 4.79 Å². The van der Waals surface area contributed by atoms with Gasteiger partial charge in [0.05, 0.1) is 13.7 Å². The molecule has 2 aromatic carbocycles. The molecule has 0 fully saturated rings. The number of aldehydes is 1. The van der Waals surface area contributed by atoms with E-state index in [4.69, 9.17) is 14.2 Å². The number of aryl methyl sites for hydroxylation is 1. The van der Waals surface area contributed by atoms with Gasteiger partial charge in [-0.2, -0.15) is 0 Å². The van der Waals surface area contributed by atoms with Crippen molar-refractivity contribution in [3.63, 3.8) is 0 Å². The lowest BCUT2D eigenvalue weighted by Gasteiger charge is -2.16. The van der Waals surface area contributed by atoms with Crippen LogP contribution in [0.1, 0.15) is 29.3 Å². The quantitative estimate of drug-likeness (QED) is 0.711. The molecule has 22 heavy (non-hydrogen) atoms. The van der Waals surface area contributed by atoms with Gasteiger partial charge in [-0.05, 0) is 37.6 Å². The monoisotopic (exact) mass is 300 g/mol. The Balaban J connectivity index is 2.41. The van der Waals surface area contributed by atoms with Gasteiger partial charge in [-0.1, -0.05) is 24.6 Å². The molecule has 0 spiro atoms. The standard InChI is InChI=1S/C18H20O4/c1-4-9-21-18-16(20-3)10-14(12-19)11-17(18)22-15-7-5-13(2)6-8-15/h5-8,10-12H,4,9H2,1-3H3. The molecule has 4 heteroatoms. The van der Waals surface area contributed by atoms with Crippen LogP contribution in [0.4, 0.5) is 0 Å². The molecule has 0 radical (unpaired) electrons. The number of hydrogen-bond donors (Lipinski definition) is 0. The van der Waals surface area contributed by atoms with Crippen molar-refractivity contribution in [1.82, 2.24) is 0 Å². The number of carbonyl (C=O) groups is 1. The SMILES string of the molecule is CCCOc1c(OC)cc(C=O)cc1Oc1ccc(C)cc1. The van der Waals surface area contributed by atoms with Crippen molar-refractivity contribution in [2.45, 2.75) is 20.3 Å². The second-order valence-electron chi connectivity index (χ2n) is 4.93. The average molecular weight is 300 g/mol. The maximum atomic E-state index is 11.1. The lowest BCUT2D eigenvalue weighted by Crippen LogP contribution is -2.01. The van der Waals surface area contributed by atoms with Gasteiger partial charge in [-0.25, -0.2) is 0 Å². The molecule has 0 saturated heterocycles. The molecule has 0 N–H and O–H groups in total. The zero-order chi connectivity index (χ0) is 15.9. The highest BCUT2D eigenvalue weighted by atomic mass is 16.5. The zero-order valence-electron chi connectivity index (χ0n) is 13.1. The summed E-state index contributed by atoms with van der Waals surface area (Å²) in [6.45, 7) is 4.57. The topological polar surface area (TPSA) is 44.8 Å². The fraction of sp³-hybridized carbons (Fsp3) is 0.278. The van der Waals surface area contributed by atoms with Crippen molar-refractivity contribution < 1.29 is 19.0 Å². The number of rotatable bonds is 7. The number of benzene rings is 2. The molecule has 0 atom stereocenters. The van der Waals surface area contributed by atoms with Gasteiger partial charge in [0.15, 0.2) is 11.5 Å². The molecule has 0 heterocycles. The molecule has 0 saturated carbocycles. The number of hydrogen-bond acceptors (Lipinski definition) is 4. The molecule has 2 aromatic rings. The first kappa shape index (κ1) is 15.9. The van der Waals surface area contributed by atoms with Gasteiger partial charge >= 0.3 is 0 Å². The van der Waals surface area contributed by atoms with Crippen molar-refractivity contribution in [2.24, 2.45) is 0 Å². The number of ether oxygens (including phenoxy) is 3. The largest absolute Gasteiger partial charge is 0.493 e. The van der Waals surface area contributed by atoms with E-state index in [1.807, 2.05) is 38.1 Å². The highest BCUT2D eigenvalue weighted by Crippen LogP contribution is 2.40. The second-order valence-corrected chi connectivity index (χ2v) is 4.93. The Morgan fingerprint density at radius 2 is 1.77 bits per heavy atom. The Hall–Kier alpha value is -2.49. The van der Waals surface area contributed by atoms with Crippen LogP contribution in [0.15, 0.2) is 36.4 Å². The Kier molecular flexibility index (Phi) is 5.42. The molecule has 0 aliphatic rings. The van der Waals surface area contributed by atoms with Crippen LogP contribution >= 0.6 is 0 Å². The molecule has 0 aliphatic heterocycles. The Morgan fingerprint density at radius 1 is 1.09 bits per heavy atom. The van der Waals surface area contributed by atoms with E-state index in [0.29, 0.717) is 35.2 Å². The van der Waals surface area contributed by atoms with Crippen LogP contribution in [-0.2, 0) is 0 Å². The van der Waals surface area contributed by atoms with E-state index in [2.05, 4.69) is 0 Å². The van der Waals surface area contributed by atoms with E-state index < -0.39 is 0 Å². The van der Waals surface area contributed by atoms with E-state index in [0.717, 1.165) is 18.3 Å². The fourth-order valence-electron chi connectivity index (χ4n) is 1.97. The van der Waals surface area contributed by atoms with E-state index in [1.54, 1.807) is 19.2 Å². The van der Waals surface area contributed by atoms with Crippen LogP contribution in [-0.4, -0.2) is 20.0 Å². The molecule has 0 aliphatic carbocycles. The van der Waals surface area contributed by atoms with Crippen molar-refractivity contribution in [3.05, 3.63) is 47.5 Å². The van der Waals surface area contributed by atoms with Gasteiger partial charge in [0.1, 0.15) is 12.0 Å². The van der Waals surface area contributed by atoms with Gasteiger partial charge in [0.25, 0.3) is 0 Å². The van der Waals surface area contributed by atoms with E-state index in [9.17, 15) is 4.79 Å². The van der Waals surface area contributed by atoms with Gasteiger partial charge in [0, 0.05) is 5.56 Å². The van der Waals surface area contributed by atoms with Crippen molar-refractivity contribution in [1.29, 1.82) is 0 Å². The molecule has 0 aromatic heterocycles. The predicted octanol–water partition coefficient (Wildman–Crippen LogP) is 4.40. The first-order valence-corrected chi connectivity index (χ1v) is 7.22. The maximum absolute atomic E-state index is 11.1. The smallest absolute Gasteiger partial charge is 0.204 e. The molecular formula is C18H20O4. The molecule has 0 amide bonds. The van der Waals surface area contributed by atoms with Gasteiger partial charge in [0.2, 0.25) is 5.75 Å². The minimum absolute atomic E-state index is 0.471. The molecule has 2 rings (SSSR count). The summed E-state index contributed by atoms with van der Waals surface area (Å²) in [6.07, 6.45) is 1.62. The average Bonchev–Trinajstić information content (AvgIpc) is 2.55. The first-order valence-electron chi connectivity index (χ1n) is 7.22. The van der Waals surface area contributed by atoms with Crippen LogP contribution in [0.5, 0.6) is 23.0 Å². The molecule has 4 nitrogen and oxygen atoms in total. The minimum Gasteiger partial charge on any atom is -0.493 e. The maximum Gasteiger partial charge on any atom is 0.204 e.